The molecular formula is C18H19ClN2O5S. The Morgan fingerprint density at radius 2 is 1.81 bits per heavy atom. The summed E-state index contributed by atoms with van der Waals surface area (Å²) in [5.74, 6) is 0.683. The zero-order chi connectivity index (χ0) is 19.6. The standard InChI is InChI=1S/C18H19ClN2O5S/c1-3-21(4-2)27(23,24)17-9-12(5-7-14(17)19)18(22)20-13-6-8-15-16(10-13)26-11-25-15/h5-10H,3-4,11H2,1-2H3,(H,20,22). The van der Waals surface area contributed by atoms with Gasteiger partial charge in [0.25, 0.3) is 5.91 Å². The molecule has 7 nitrogen and oxygen atoms in total. The normalized spacial score (nSPS) is 13.0. The first kappa shape index (κ1) is 19.5. The highest BCUT2D eigenvalue weighted by atomic mass is 35.5. The highest BCUT2D eigenvalue weighted by Gasteiger charge is 2.25. The van der Waals surface area contributed by atoms with Crippen LogP contribution in [0.1, 0.15) is 24.2 Å². The van der Waals surface area contributed by atoms with Crippen LogP contribution in [0.5, 0.6) is 11.5 Å². The van der Waals surface area contributed by atoms with Crippen molar-refractivity contribution in [1.82, 2.24) is 4.31 Å². The monoisotopic (exact) mass is 410 g/mol. The molecule has 1 amide bonds. The molecule has 0 aromatic heterocycles. The van der Waals surface area contributed by atoms with E-state index in [2.05, 4.69) is 5.32 Å². The van der Waals surface area contributed by atoms with Crippen LogP contribution in [0.2, 0.25) is 5.02 Å². The van der Waals surface area contributed by atoms with E-state index >= 15 is 0 Å². The number of amides is 1. The fourth-order valence-corrected chi connectivity index (χ4v) is 4.68. The number of rotatable bonds is 6. The molecule has 0 saturated heterocycles. The molecule has 0 fully saturated rings. The van der Waals surface area contributed by atoms with Gasteiger partial charge in [-0.25, -0.2) is 8.42 Å². The van der Waals surface area contributed by atoms with E-state index in [0.29, 0.717) is 30.3 Å². The zero-order valence-electron chi connectivity index (χ0n) is 14.9. The van der Waals surface area contributed by atoms with Crippen LogP contribution < -0.4 is 14.8 Å². The largest absolute Gasteiger partial charge is 0.454 e. The Bertz CT molecular complexity index is 974. The third-order valence-corrected chi connectivity index (χ3v) is 6.68. The van der Waals surface area contributed by atoms with Crippen molar-refractivity contribution in [3.8, 4) is 11.5 Å². The van der Waals surface area contributed by atoms with E-state index in [4.69, 9.17) is 21.1 Å². The summed E-state index contributed by atoms with van der Waals surface area (Å²) < 4.78 is 37.3. The van der Waals surface area contributed by atoms with Crippen molar-refractivity contribution in [2.75, 3.05) is 25.2 Å². The minimum Gasteiger partial charge on any atom is -0.454 e. The van der Waals surface area contributed by atoms with Gasteiger partial charge in [-0.3, -0.25) is 4.79 Å². The van der Waals surface area contributed by atoms with Crippen LogP contribution in [0.4, 0.5) is 5.69 Å². The predicted octanol–water partition coefficient (Wildman–Crippen LogP) is 3.35. The molecule has 2 aromatic carbocycles. The summed E-state index contributed by atoms with van der Waals surface area (Å²) in [6.45, 7) is 4.23. The van der Waals surface area contributed by atoms with Crippen molar-refractivity contribution >= 4 is 33.2 Å². The maximum absolute atomic E-state index is 12.8. The fourth-order valence-electron chi connectivity index (χ4n) is 2.72. The van der Waals surface area contributed by atoms with E-state index in [1.54, 1.807) is 32.0 Å². The number of nitrogens with one attached hydrogen (secondary N) is 1. The number of halogens is 1. The molecule has 9 heteroatoms. The average Bonchev–Trinajstić information content (AvgIpc) is 3.10. The maximum atomic E-state index is 12.8. The molecular weight excluding hydrogens is 392 g/mol. The lowest BCUT2D eigenvalue weighted by Gasteiger charge is -2.19. The maximum Gasteiger partial charge on any atom is 0.255 e. The molecule has 1 N–H and O–H groups in total. The number of nitrogens with zero attached hydrogens (tertiary/aromatic N) is 1. The first-order chi connectivity index (χ1) is 12.9. The summed E-state index contributed by atoms with van der Waals surface area (Å²) in [6.07, 6.45) is 0. The topological polar surface area (TPSA) is 84.9 Å². The van der Waals surface area contributed by atoms with Crippen LogP contribution in [0.15, 0.2) is 41.3 Å². The number of hydrogen-bond acceptors (Lipinski definition) is 5. The number of benzene rings is 2. The van der Waals surface area contributed by atoms with Gasteiger partial charge in [-0.1, -0.05) is 25.4 Å². The van der Waals surface area contributed by atoms with Crippen LogP contribution in [0.25, 0.3) is 0 Å². The Kier molecular flexibility index (Phi) is 5.59. The van der Waals surface area contributed by atoms with E-state index in [1.165, 1.54) is 22.5 Å². The van der Waals surface area contributed by atoms with Gasteiger partial charge in [0.05, 0.1) is 5.02 Å². The van der Waals surface area contributed by atoms with Crippen molar-refractivity contribution in [3.05, 3.63) is 47.0 Å². The van der Waals surface area contributed by atoms with E-state index in [9.17, 15) is 13.2 Å². The Hall–Kier alpha value is -2.29. The van der Waals surface area contributed by atoms with Gasteiger partial charge in [-0.05, 0) is 30.3 Å². The summed E-state index contributed by atoms with van der Waals surface area (Å²) >= 11 is 6.10. The van der Waals surface area contributed by atoms with Crippen molar-refractivity contribution in [2.45, 2.75) is 18.7 Å². The summed E-state index contributed by atoms with van der Waals surface area (Å²) in [5.41, 5.74) is 0.690. The second-order valence-corrected chi connectivity index (χ2v) is 8.07. The number of hydrogen-bond donors (Lipinski definition) is 1. The minimum absolute atomic E-state index is 0.0709. The van der Waals surface area contributed by atoms with Gasteiger partial charge in [0.1, 0.15) is 4.90 Å². The third kappa shape index (κ3) is 3.87. The Morgan fingerprint density at radius 1 is 1.11 bits per heavy atom. The molecule has 27 heavy (non-hydrogen) atoms. The van der Waals surface area contributed by atoms with Crippen LogP contribution >= 0.6 is 11.6 Å². The molecule has 0 bridgehead atoms. The van der Waals surface area contributed by atoms with E-state index in [1.807, 2.05) is 0 Å². The highest BCUT2D eigenvalue weighted by molar-refractivity contribution is 7.89. The molecule has 1 aliphatic rings. The summed E-state index contributed by atoms with van der Waals surface area (Å²) in [7, 11) is -3.78. The second kappa shape index (κ2) is 7.75. The van der Waals surface area contributed by atoms with Gasteiger partial charge in [-0.2, -0.15) is 4.31 Å². The number of fused-ring (bicyclic) bond motifs is 1. The van der Waals surface area contributed by atoms with Gasteiger partial charge < -0.3 is 14.8 Å². The first-order valence-electron chi connectivity index (χ1n) is 8.37. The lowest BCUT2D eigenvalue weighted by atomic mass is 10.2. The number of anilines is 1. The molecule has 0 radical (unpaired) electrons. The highest BCUT2D eigenvalue weighted by Crippen LogP contribution is 2.34. The van der Waals surface area contributed by atoms with Gasteiger partial charge in [0.2, 0.25) is 16.8 Å². The molecule has 0 spiro atoms. The summed E-state index contributed by atoms with van der Waals surface area (Å²) in [5, 5.41) is 2.79. The van der Waals surface area contributed by atoms with Crippen LogP contribution in [-0.2, 0) is 10.0 Å². The molecule has 144 valence electrons. The molecule has 0 aliphatic carbocycles. The predicted molar refractivity (Wildman–Crippen MR) is 102 cm³/mol. The van der Waals surface area contributed by atoms with Crippen molar-refractivity contribution in [2.24, 2.45) is 0 Å². The van der Waals surface area contributed by atoms with Crippen molar-refractivity contribution in [1.29, 1.82) is 0 Å². The minimum atomic E-state index is -3.78. The average molecular weight is 411 g/mol. The Labute approximate surface area is 162 Å². The lowest BCUT2D eigenvalue weighted by molar-refractivity contribution is 0.102. The van der Waals surface area contributed by atoms with E-state index in [-0.39, 0.29) is 22.3 Å². The number of carbonyl (C=O) groups is 1. The van der Waals surface area contributed by atoms with Gasteiger partial charge >= 0.3 is 0 Å². The quantitative estimate of drug-likeness (QED) is 0.789. The van der Waals surface area contributed by atoms with Crippen LogP contribution in [-0.4, -0.2) is 38.5 Å². The molecule has 1 heterocycles. The Balaban J connectivity index is 1.88. The SMILES string of the molecule is CCN(CC)S(=O)(=O)c1cc(C(=O)Nc2ccc3c(c2)OCO3)ccc1Cl. The molecule has 0 saturated carbocycles. The first-order valence-corrected chi connectivity index (χ1v) is 10.2. The third-order valence-electron chi connectivity index (χ3n) is 4.15. The van der Waals surface area contributed by atoms with Crippen LogP contribution in [0, 0.1) is 0 Å². The molecule has 0 atom stereocenters. The lowest BCUT2D eigenvalue weighted by Crippen LogP contribution is -2.31. The Morgan fingerprint density at radius 3 is 2.52 bits per heavy atom. The van der Waals surface area contributed by atoms with E-state index < -0.39 is 15.9 Å². The zero-order valence-corrected chi connectivity index (χ0v) is 16.4. The van der Waals surface area contributed by atoms with Gasteiger partial charge in [-0.15, -0.1) is 0 Å². The summed E-state index contributed by atoms with van der Waals surface area (Å²) in [4.78, 5) is 12.5. The number of carbonyl (C=O) groups excluding carboxylic acids is 1. The summed E-state index contributed by atoms with van der Waals surface area (Å²) in [6, 6.07) is 9.19. The smallest absolute Gasteiger partial charge is 0.255 e. The number of sulfonamides is 1. The molecule has 2 aromatic rings. The molecule has 3 rings (SSSR count). The van der Waals surface area contributed by atoms with Crippen molar-refractivity contribution < 1.29 is 22.7 Å². The van der Waals surface area contributed by atoms with Crippen LogP contribution in [0.3, 0.4) is 0 Å². The van der Waals surface area contributed by atoms with Gasteiger partial charge in [0, 0.05) is 30.4 Å². The van der Waals surface area contributed by atoms with Crippen molar-refractivity contribution in [3.63, 3.8) is 0 Å². The fraction of sp³-hybridized carbons (Fsp3) is 0.278. The second-order valence-electron chi connectivity index (χ2n) is 5.76. The number of ether oxygens (including phenoxy) is 2. The molecule has 0 unspecified atom stereocenters. The molecule has 1 aliphatic heterocycles. The van der Waals surface area contributed by atoms with Gasteiger partial charge in [0.15, 0.2) is 11.5 Å². The van der Waals surface area contributed by atoms with E-state index in [0.717, 1.165) is 0 Å².